The number of nitrogens with zero attached hydrogens (tertiary/aromatic N) is 3. The number of benzene rings is 2. The third kappa shape index (κ3) is 5.43. The fourth-order valence-corrected chi connectivity index (χ4v) is 3.23. The van der Waals surface area contributed by atoms with Gasteiger partial charge in [0.25, 0.3) is 0 Å². The molecular weight excluding hydrogens is 470 g/mol. The quantitative estimate of drug-likeness (QED) is 0.392. The van der Waals surface area contributed by atoms with E-state index in [0.29, 0.717) is 25.6 Å². The molecule has 5 nitrogen and oxygen atoms in total. The highest BCUT2D eigenvalue weighted by atomic mass is 127. The molecule has 28 heavy (non-hydrogen) atoms. The maximum Gasteiger partial charge on any atom is 0.248 e. The molecule has 1 N–H and O–H groups in total. The Hall–Kier alpha value is -2.16. The lowest BCUT2D eigenvalue weighted by atomic mass is 10.2. The van der Waals surface area contributed by atoms with Crippen LogP contribution in [0.5, 0.6) is 0 Å². The summed E-state index contributed by atoms with van der Waals surface area (Å²) >= 11 is 0. The van der Waals surface area contributed by atoms with Crippen LogP contribution in [0.25, 0.3) is 0 Å². The van der Waals surface area contributed by atoms with E-state index in [4.69, 9.17) is 0 Å². The van der Waals surface area contributed by atoms with Crippen molar-refractivity contribution in [1.29, 1.82) is 0 Å². The highest BCUT2D eigenvalue weighted by molar-refractivity contribution is 14.0. The smallest absolute Gasteiger partial charge is 0.248 e. The van der Waals surface area contributed by atoms with Crippen molar-refractivity contribution in [3.63, 3.8) is 0 Å². The topological polar surface area (TPSA) is 47.9 Å². The zero-order valence-electron chi connectivity index (χ0n) is 16.2. The van der Waals surface area contributed by atoms with Gasteiger partial charge in [0, 0.05) is 32.4 Å². The van der Waals surface area contributed by atoms with Crippen LogP contribution in [0.3, 0.4) is 0 Å². The highest BCUT2D eigenvalue weighted by Crippen LogP contribution is 2.27. The van der Waals surface area contributed by atoms with Gasteiger partial charge in [0.1, 0.15) is 12.4 Å². The van der Waals surface area contributed by atoms with E-state index in [1.54, 1.807) is 12.1 Å². The zero-order valence-corrected chi connectivity index (χ0v) is 18.5. The number of amides is 1. The number of halogens is 2. The molecule has 0 unspecified atom stereocenters. The van der Waals surface area contributed by atoms with Crippen LogP contribution in [0.15, 0.2) is 53.5 Å². The second kappa shape index (κ2) is 10.4. The van der Waals surface area contributed by atoms with E-state index >= 15 is 0 Å². The van der Waals surface area contributed by atoms with Gasteiger partial charge in [0.15, 0.2) is 5.96 Å². The monoisotopic (exact) mass is 496 g/mol. The molecule has 0 aromatic heterocycles. The molecule has 0 fully saturated rings. The molecule has 0 spiro atoms. The predicted octanol–water partition coefficient (Wildman–Crippen LogP) is 3.43. The van der Waals surface area contributed by atoms with Crippen molar-refractivity contribution in [2.75, 3.05) is 31.6 Å². The first-order chi connectivity index (χ1) is 13.1. The van der Waals surface area contributed by atoms with E-state index in [1.165, 1.54) is 17.7 Å². The summed E-state index contributed by atoms with van der Waals surface area (Å²) in [7, 11) is 1.90. The van der Waals surface area contributed by atoms with Crippen LogP contribution >= 0.6 is 24.0 Å². The van der Waals surface area contributed by atoms with Crippen molar-refractivity contribution >= 4 is 41.5 Å². The van der Waals surface area contributed by atoms with Gasteiger partial charge in [-0.2, -0.15) is 0 Å². The van der Waals surface area contributed by atoms with Gasteiger partial charge in [-0.25, -0.2) is 9.38 Å². The van der Waals surface area contributed by atoms with Crippen molar-refractivity contribution in [1.82, 2.24) is 10.2 Å². The van der Waals surface area contributed by atoms with Crippen molar-refractivity contribution in [2.45, 2.75) is 19.9 Å². The normalized spacial score (nSPS) is 13.0. The Morgan fingerprint density at radius 3 is 2.64 bits per heavy atom. The van der Waals surface area contributed by atoms with E-state index in [-0.39, 0.29) is 42.2 Å². The number of anilines is 1. The third-order valence-corrected chi connectivity index (χ3v) is 4.58. The van der Waals surface area contributed by atoms with E-state index in [2.05, 4.69) is 16.4 Å². The molecule has 3 rings (SSSR count). The summed E-state index contributed by atoms with van der Waals surface area (Å²) in [5, 5.41) is 3.21. The Morgan fingerprint density at radius 1 is 1.21 bits per heavy atom. The molecule has 2 aromatic carbocycles. The average molecular weight is 496 g/mol. The van der Waals surface area contributed by atoms with Crippen LogP contribution < -0.4 is 10.2 Å². The number of nitrogens with one attached hydrogen (secondary N) is 1. The first-order valence-electron chi connectivity index (χ1n) is 9.20. The number of fused-ring (bicyclic) bond motifs is 1. The van der Waals surface area contributed by atoms with Gasteiger partial charge >= 0.3 is 0 Å². The number of para-hydroxylation sites is 1. The molecule has 0 radical (unpaired) electrons. The summed E-state index contributed by atoms with van der Waals surface area (Å²) in [5.74, 6) is 0.395. The van der Waals surface area contributed by atoms with Crippen LogP contribution in [-0.2, 0) is 17.8 Å². The van der Waals surface area contributed by atoms with Gasteiger partial charge in [-0.05, 0) is 42.7 Å². The molecule has 0 atom stereocenters. The first kappa shape index (κ1) is 22.1. The summed E-state index contributed by atoms with van der Waals surface area (Å²) in [6.07, 6.45) is 0.885. The third-order valence-electron chi connectivity index (χ3n) is 4.58. The molecule has 0 saturated carbocycles. The summed E-state index contributed by atoms with van der Waals surface area (Å²) in [6.45, 7) is 4.06. The SMILES string of the molecule is CCNC(=NCC(=O)N1CCc2ccccc21)N(C)Cc1ccc(F)cc1.I. The maximum atomic E-state index is 13.1. The van der Waals surface area contributed by atoms with Crippen LogP contribution in [0.2, 0.25) is 0 Å². The van der Waals surface area contributed by atoms with Crippen LogP contribution in [-0.4, -0.2) is 43.4 Å². The van der Waals surface area contributed by atoms with Gasteiger partial charge in [0.2, 0.25) is 5.91 Å². The number of rotatable bonds is 5. The van der Waals surface area contributed by atoms with Gasteiger partial charge < -0.3 is 15.1 Å². The van der Waals surface area contributed by atoms with Gasteiger partial charge in [-0.3, -0.25) is 4.79 Å². The lowest BCUT2D eigenvalue weighted by Gasteiger charge is -2.23. The number of carbonyl (C=O) groups excluding carboxylic acids is 1. The number of guanidine groups is 1. The number of aliphatic imine (C=N–C) groups is 1. The van der Waals surface area contributed by atoms with Crippen molar-refractivity contribution in [2.24, 2.45) is 4.99 Å². The molecule has 1 aliphatic heterocycles. The molecule has 0 saturated heterocycles. The minimum absolute atomic E-state index is 0. The molecule has 150 valence electrons. The second-order valence-corrected chi connectivity index (χ2v) is 6.58. The zero-order chi connectivity index (χ0) is 19.2. The molecule has 2 aromatic rings. The van der Waals surface area contributed by atoms with Gasteiger partial charge in [0.05, 0.1) is 0 Å². The Labute approximate surface area is 182 Å². The minimum Gasteiger partial charge on any atom is -0.357 e. The van der Waals surface area contributed by atoms with Crippen LogP contribution in [0.1, 0.15) is 18.1 Å². The lowest BCUT2D eigenvalue weighted by Crippen LogP contribution is -2.40. The van der Waals surface area contributed by atoms with Crippen molar-refractivity contribution in [3.8, 4) is 0 Å². The Morgan fingerprint density at radius 2 is 1.93 bits per heavy atom. The van der Waals surface area contributed by atoms with Crippen LogP contribution in [0.4, 0.5) is 10.1 Å². The molecule has 0 aliphatic carbocycles. The lowest BCUT2D eigenvalue weighted by molar-refractivity contribution is -0.117. The van der Waals surface area contributed by atoms with Crippen LogP contribution in [0, 0.1) is 5.82 Å². The van der Waals surface area contributed by atoms with E-state index < -0.39 is 0 Å². The standard InChI is InChI=1S/C21H25FN4O.HI/c1-3-23-21(25(2)15-16-8-10-18(22)11-9-16)24-14-20(27)26-13-12-17-6-4-5-7-19(17)26;/h4-11H,3,12-15H2,1-2H3,(H,23,24);1H. The highest BCUT2D eigenvalue weighted by Gasteiger charge is 2.23. The summed E-state index contributed by atoms with van der Waals surface area (Å²) in [4.78, 5) is 20.9. The molecule has 0 bridgehead atoms. The number of hydrogen-bond donors (Lipinski definition) is 1. The fourth-order valence-electron chi connectivity index (χ4n) is 3.23. The number of carbonyl (C=O) groups is 1. The fraction of sp³-hybridized carbons (Fsp3) is 0.333. The van der Waals surface area contributed by atoms with E-state index in [1.807, 2.05) is 42.0 Å². The molecule has 1 amide bonds. The summed E-state index contributed by atoms with van der Waals surface area (Å²) < 4.78 is 13.1. The van der Waals surface area contributed by atoms with Crippen molar-refractivity contribution < 1.29 is 9.18 Å². The van der Waals surface area contributed by atoms with Gasteiger partial charge in [-0.1, -0.05) is 30.3 Å². The maximum absolute atomic E-state index is 13.1. The first-order valence-corrected chi connectivity index (χ1v) is 9.20. The second-order valence-electron chi connectivity index (χ2n) is 6.58. The minimum atomic E-state index is -0.251. The molecule has 7 heteroatoms. The summed E-state index contributed by atoms with van der Waals surface area (Å²) in [5.41, 5.74) is 3.17. The predicted molar refractivity (Wildman–Crippen MR) is 122 cm³/mol. The molecule has 1 aliphatic rings. The Kier molecular flexibility index (Phi) is 8.22. The van der Waals surface area contributed by atoms with E-state index in [9.17, 15) is 9.18 Å². The number of hydrogen-bond acceptors (Lipinski definition) is 2. The summed E-state index contributed by atoms with van der Waals surface area (Å²) in [6, 6.07) is 14.4. The Bertz CT molecular complexity index is 825. The molecular formula is C21H26FIN4O. The average Bonchev–Trinajstić information content (AvgIpc) is 3.11. The van der Waals surface area contributed by atoms with Gasteiger partial charge in [-0.15, -0.1) is 24.0 Å². The Balaban J connectivity index is 0.00000280. The van der Waals surface area contributed by atoms with Crippen molar-refractivity contribution in [3.05, 3.63) is 65.5 Å². The largest absolute Gasteiger partial charge is 0.357 e. The molecule has 1 heterocycles. The van der Waals surface area contributed by atoms with E-state index in [0.717, 1.165) is 17.7 Å².